The van der Waals surface area contributed by atoms with E-state index in [1.807, 2.05) is 25.1 Å². The van der Waals surface area contributed by atoms with Gasteiger partial charge in [0.2, 0.25) is 0 Å². The summed E-state index contributed by atoms with van der Waals surface area (Å²) in [5.41, 5.74) is 1.87. The Morgan fingerprint density at radius 3 is 2.71 bits per heavy atom. The lowest BCUT2D eigenvalue weighted by Gasteiger charge is -2.04. The second-order valence-corrected chi connectivity index (χ2v) is 3.43. The van der Waals surface area contributed by atoms with Crippen LogP contribution >= 0.6 is 0 Å². The van der Waals surface area contributed by atoms with Gasteiger partial charge in [-0.25, -0.2) is 19.9 Å². The number of hydrogen-bond donors (Lipinski definition) is 0. The molecular formula is C12H12N4O. The first-order valence-corrected chi connectivity index (χ1v) is 5.10. The van der Waals surface area contributed by atoms with E-state index < -0.39 is 0 Å². The van der Waals surface area contributed by atoms with Gasteiger partial charge in [0, 0.05) is 0 Å². The Morgan fingerprint density at radius 2 is 2.00 bits per heavy atom. The van der Waals surface area contributed by atoms with Crippen LogP contribution in [0.15, 0.2) is 35.8 Å². The highest BCUT2D eigenvalue weighted by Gasteiger charge is 2.00. The minimum Gasteiger partial charge on any atom is -0.494 e. The van der Waals surface area contributed by atoms with Crippen LogP contribution in [0.25, 0.3) is 0 Å². The highest BCUT2D eigenvalue weighted by molar-refractivity contribution is 5.78. The van der Waals surface area contributed by atoms with Crippen molar-refractivity contribution >= 4 is 11.9 Å². The molecule has 0 aliphatic heterocycles. The van der Waals surface area contributed by atoms with E-state index in [-0.39, 0.29) is 0 Å². The van der Waals surface area contributed by atoms with Gasteiger partial charge in [-0.15, -0.1) is 0 Å². The third kappa shape index (κ3) is 2.84. The van der Waals surface area contributed by atoms with Crippen molar-refractivity contribution in [3.63, 3.8) is 0 Å². The predicted octanol–water partition coefficient (Wildman–Crippen LogP) is 1.94. The minimum absolute atomic E-state index is 0.516. The number of methoxy groups -OCH3 is 1. The molecule has 0 atom stereocenters. The Kier molecular flexibility index (Phi) is 3.40. The van der Waals surface area contributed by atoms with Gasteiger partial charge >= 0.3 is 0 Å². The zero-order valence-corrected chi connectivity index (χ0v) is 9.66. The Balaban J connectivity index is 2.27. The van der Waals surface area contributed by atoms with E-state index in [2.05, 4.69) is 19.9 Å². The van der Waals surface area contributed by atoms with Crippen molar-refractivity contribution in [2.24, 2.45) is 4.99 Å². The maximum absolute atomic E-state index is 5.25. The summed E-state index contributed by atoms with van der Waals surface area (Å²) in [5.74, 6) is 1.25. The average Bonchev–Trinajstić information content (AvgIpc) is 2.38. The van der Waals surface area contributed by atoms with Crippen LogP contribution in [-0.4, -0.2) is 28.3 Å². The van der Waals surface area contributed by atoms with Crippen molar-refractivity contribution in [1.29, 1.82) is 0 Å². The monoisotopic (exact) mass is 228 g/mol. The fourth-order valence-electron chi connectivity index (χ4n) is 1.33. The maximum Gasteiger partial charge on any atom is 0.173 e. The van der Waals surface area contributed by atoms with Gasteiger partial charge in [0.05, 0.1) is 13.3 Å². The van der Waals surface area contributed by atoms with Crippen molar-refractivity contribution in [3.05, 3.63) is 42.2 Å². The van der Waals surface area contributed by atoms with Crippen molar-refractivity contribution in [2.45, 2.75) is 6.92 Å². The topological polar surface area (TPSA) is 60.3 Å². The van der Waals surface area contributed by atoms with Crippen molar-refractivity contribution in [3.8, 4) is 5.75 Å². The molecule has 0 bridgehead atoms. The van der Waals surface area contributed by atoms with Crippen LogP contribution in [0.4, 0.5) is 5.69 Å². The van der Waals surface area contributed by atoms with E-state index in [4.69, 9.17) is 4.74 Å². The fraction of sp³-hybridized carbons (Fsp3) is 0.167. The zero-order valence-electron chi connectivity index (χ0n) is 9.66. The highest BCUT2D eigenvalue weighted by atomic mass is 16.5. The second-order valence-electron chi connectivity index (χ2n) is 3.43. The van der Waals surface area contributed by atoms with E-state index in [0.717, 1.165) is 17.0 Å². The summed E-state index contributed by atoms with van der Waals surface area (Å²) < 4.78 is 5.25. The molecule has 1 aromatic carbocycles. The third-order valence-electron chi connectivity index (χ3n) is 2.17. The normalized spacial score (nSPS) is 10.7. The predicted molar refractivity (Wildman–Crippen MR) is 64.8 cm³/mol. The summed E-state index contributed by atoms with van der Waals surface area (Å²) in [5, 5.41) is 0. The van der Waals surface area contributed by atoms with Gasteiger partial charge in [-0.3, -0.25) is 0 Å². The van der Waals surface area contributed by atoms with E-state index in [0.29, 0.717) is 5.82 Å². The first-order chi connectivity index (χ1) is 8.29. The molecule has 0 amide bonds. The van der Waals surface area contributed by atoms with Gasteiger partial charge in [0.1, 0.15) is 24.1 Å². The summed E-state index contributed by atoms with van der Waals surface area (Å²) in [4.78, 5) is 15.9. The van der Waals surface area contributed by atoms with E-state index >= 15 is 0 Å². The number of hydrogen-bond acceptors (Lipinski definition) is 5. The van der Waals surface area contributed by atoms with E-state index in [9.17, 15) is 0 Å². The van der Waals surface area contributed by atoms with Gasteiger partial charge in [0.15, 0.2) is 5.82 Å². The smallest absolute Gasteiger partial charge is 0.173 e. The average molecular weight is 228 g/mol. The lowest BCUT2D eigenvalue weighted by molar-refractivity contribution is 0.416. The molecule has 86 valence electrons. The van der Waals surface area contributed by atoms with E-state index in [1.54, 1.807) is 13.3 Å². The quantitative estimate of drug-likeness (QED) is 0.753. The Labute approximate surface area is 99.3 Å². The van der Waals surface area contributed by atoms with Crippen LogP contribution in [0.2, 0.25) is 0 Å². The molecule has 5 heteroatoms. The molecule has 0 unspecified atom stereocenters. The van der Waals surface area contributed by atoms with Crippen LogP contribution in [-0.2, 0) is 0 Å². The number of aryl methyl sites for hydroxylation is 1. The molecule has 17 heavy (non-hydrogen) atoms. The van der Waals surface area contributed by atoms with Crippen LogP contribution in [0, 0.1) is 6.92 Å². The molecule has 1 heterocycles. The molecule has 0 saturated carbocycles. The van der Waals surface area contributed by atoms with Crippen molar-refractivity contribution in [2.75, 3.05) is 7.11 Å². The van der Waals surface area contributed by atoms with Gasteiger partial charge in [-0.2, -0.15) is 0 Å². The number of nitrogens with zero attached hydrogens (tertiary/aromatic N) is 4. The first-order valence-electron chi connectivity index (χ1n) is 5.10. The number of aromatic nitrogens is 3. The lowest BCUT2D eigenvalue weighted by Crippen LogP contribution is -1.92. The molecule has 2 aromatic rings. The second kappa shape index (κ2) is 5.16. The molecule has 0 N–H and O–H groups in total. The van der Waals surface area contributed by atoms with Crippen LogP contribution in [0.5, 0.6) is 5.75 Å². The Hall–Kier alpha value is -2.30. The number of aliphatic imine (C=N–C) groups is 1. The largest absolute Gasteiger partial charge is 0.494 e. The molecule has 5 nitrogen and oxygen atoms in total. The Bertz CT molecular complexity index is 525. The molecule has 0 fully saturated rings. The fourth-order valence-corrected chi connectivity index (χ4v) is 1.33. The summed E-state index contributed by atoms with van der Waals surface area (Å²) in [6.45, 7) is 2.00. The molecular weight excluding hydrogens is 216 g/mol. The summed E-state index contributed by atoms with van der Waals surface area (Å²) >= 11 is 0. The van der Waals surface area contributed by atoms with Crippen LogP contribution in [0.1, 0.15) is 11.4 Å². The number of benzene rings is 1. The summed E-state index contributed by atoms with van der Waals surface area (Å²) in [6, 6.07) is 5.80. The highest BCUT2D eigenvalue weighted by Crippen LogP contribution is 2.27. The van der Waals surface area contributed by atoms with Gasteiger partial charge in [0.25, 0.3) is 0 Å². The van der Waals surface area contributed by atoms with Crippen LogP contribution in [0.3, 0.4) is 0 Å². The molecule has 0 aliphatic carbocycles. The number of ether oxygens (including phenoxy) is 1. The van der Waals surface area contributed by atoms with Crippen molar-refractivity contribution in [1.82, 2.24) is 15.0 Å². The maximum atomic E-state index is 5.25. The molecule has 1 aromatic heterocycles. The Morgan fingerprint density at radius 1 is 1.24 bits per heavy atom. The third-order valence-corrected chi connectivity index (χ3v) is 2.17. The van der Waals surface area contributed by atoms with Gasteiger partial charge in [-0.1, -0.05) is 6.07 Å². The van der Waals surface area contributed by atoms with E-state index in [1.165, 1.54) is 12.7 Å². The molecule has 2 rings (SSSR count). The zero-order chi connectivity index (χ0) is 12.1. The standard InChI is InChI=1S/C12H12N4O/c1-9-3-4-10(11(5-9)17-2)14-6-12-15-7-13-8-16-12/h3-8H,1-2H3. The molecule has 0 saturated heterocycles. The van der Waals surface area contributed by atoms with Crippen LogP contribution < -0.4 is 4.74 Å². The van der Waals surface area contributed by atoms with Gasteiger partial charge in [-0.05, 0) is 24.6 Å². The molecule has 0 spiro atoms. The SMILES string of the molecule is COc1cc(C)ccc1N=Cc1ncncn1. The minimum atomic E-state index is 0.516. The van der Waals surface area contributed by atoms with Crippen molar-refractivity contribution < 1.29 is 4.74 Å². The summed E-state index contributed by atoms with van der Waals surface area (Å²) in [6.07, 6.45) is 4.44. The molecule has 0 radical (unpaired) electrons. The number of rotatable bonds is 3. The molecule has 0 aliphatic rings. The first kappa shape index (κ1) is 11.2. The summed E-state index contributed by atoms with van der Waals surface area (Å²) in [7, 11) is 1.62. The van der Waals surface area contributed by atoms with Gasteiger partial charge < -0.3 is 4.74 Å². The lowest BCUT2D eigenvalue weighted by atomic mass is 10.2.